The highest BCUT2D eigenvalue weighted by atomic mass is 16.3. The summed E-state index contributed by atoms with van der Waals surface area (Å²) in [5.74, 6) is -1.74. The van der Waals surface area contributed by atoms with E-state index >= 15 is 0 Å². The van der Waals surface area contributed by atoms with Crippen molar-refractivity contribution >= 4 is 17.3 Å². The topological polar surface area (TPSA) is 104 Å². The number of hydrogen-bond acceptors (Lipinski definition) is 6. The summed E-state index contributed by atoms with van der Waals surface area (Å²) < 4.78 is 0. The number of fused-ring (bicyclic) bond motifs is 1. The monoisotopic (exact) mass is 297 g/mol. The molecule has 0 radical (unpaired) electrons. The Morgan fingerprint density at radius 3 is 2.59 bits per heavy atom. The van der Waals surface area contributed by atoms with Crippen LogP contribution in [-0.4, -0.2) is 21.8 Å². The van der Waals surface area contributed by atoms with E-state index in [1.54, 1.807) is 0 Å². The fourth-order valence-corrected chi connectivity index (χ4v) is 2.77. The summed E-state index contributed by atoms with van der Waals surface area (Å²) in [5, 5.41) is 22.6. The van der Waals surface area contributed by atoms with Gasteiger partial charge in [-0.3, -0.25) is 9.59 Å². The second-order valence-electron chi connectivity index (χ2n) is 5.10. The van der Waals surface area contributed by atoms with Gasteiger partial charge in [-0.1, -0.05) is 6.58 Å². The number of rotatable bonds is 2. The summed E-state index contributed by atoms with van der Waals surface area (Å²) in [6.45, 7) is 3.42. The number of phenolic OH excluding ortho intramolecular Hbond substituents is 1. The first kappa shape index (κ1) is 13.9. The van der Waals surface area contributed by atoms with E-state index in [1.807, 2.05) is 0 Å². The predicted molar refractivity (Wildman–Crippen MR) is 78.6 cm³/mol. The van der Waals surface area contributed by atoms with Gasteiger partial charge in [0.25, 0.3) is 0 Å². The van der Waals surface area contributed by atoms with Gasteiger partial charge in [-0.25, -0.2) is 0 Å². The van der Waals surface area contributed by atoms with Crippen LogP contribution in [0.25, 0.3) is 5.70 Å². The van der Waals surface area contributed by atoms with E-state index in [1.165, 1.54) is 12.1 Å². The molecule has 0 saturated carbocycles. The number of phenols is 1. The molecule has 110 valence electrons. The number of nitroso groups, excluding NO2 is 1. The first-order valence-electron chi connectivity index (χ1n) is 6.57. The van der Waals surface area contributed by atoms with Crippen molar-refractivity contribution < 1.29 is 19.8 Å². The molecule has 2 N–H and O–H groups in total. The summed E-state index contributed by atoms with van der Waals surface area (Å²) >= 11 is 0. The largest absolute Gasteiger partial charge is 0.508 e. The standard InChI is InChI=1S/C16H11NO5/c1-7(17-22)8-5-10-14(12(19)6-8)16(21)13-9(15(10)20)3-2-4-11(13)18/h4-6,18-19H,1-3H2. The van der Waals surface area contributed by atoms with Crippen LogP contribution in [0.1, 0.15) is 39.1 Å². The maximum absolute atomic E-state index is 12.6. The first-order chi connectivity index (χ1) is 10.5. The van der Waals surface area contributed by atoms with Crippen LogP contribution in [0.4, 0.5) is 0 Å². The molecule has 0 atom stereocenters. The fourth-order valence-electron chi connectivity index (χ4n) is 2.77. The number of benzene rings is 1. The van der Waals surface area contributed by atoms with Crippen molar-refractivity contribution in [3.05, 3.63) is 63.3 Å². The fraction of sp³-hybridized carbons (Fsp3) is 0.125. The zero-order chi connectivity index (χ0) is 16.0. The molecule has 6 heteroatoms. The van der Waals surface area contributed by atoms with Gasteiger partial charge in [-0.15, -0.1) is 4.91 Å². The lowest BCUT2D eigenvalue weighted by atomic mass is 9.78. The SMILES string of the molecule is C=C(N=O)c1cc(O)c2c(c1)C(=O)C1=C(C2=O)C(O)=CCC1. The Balaban J connectivity index is 2.26. The van der Waals surface area contributed by atoms with Gasteiger partial charge in [-0.2, -0.15) is 0 Å². The average Bonchev–Trinajstić information content (AvgIpc) is 2.50. The summed E-state index contributed by atoms with van der Waals surface area (Å²) in [4.78, 5) is 35.6. The molecule has 1 aromatic rings. The van der Waals surface area contributed by atoms with Gasteiger partial charge < -0.3 is 10.2 Å². The van der Waals surface area contributed by atoms with Gasteiger partial charge in [0.1, 0.15) is 17.2 Å². The van der Waals surface area contributed by atoms with Crippen LogP contribution in [-0.2, 0) is 0 Å². The third kappa shape index (κ3) is 1.81. The Kier molecular flexibility index (Phi) is 3.02. The van der Waals surface area contributed by atoms with Crippen LogP contribution < -0.4 is 0 Å². The number of nitrogens with zero attached hydrogens (tertiary/aromatic N) is 1. The van der Waals surface area contributed by atoms with Gasteiger partial charge in [0.15, 0.2) is 5.78 Å². The number of carbonyl (C=O) groups is 2. The molecule has 0 spiro atoms. The highest BCUT2D eigenvalue weighted by Crippen LogP contribution is 2.39. The number of aliphatic hydroxyl groups excluding tert-OH is 1. The number of ketones is 2. The molecule has 2 aliphatic carbocycles. The van der Waals surface area contributed by atoms with Gasteiger partial charge >= 0.3 is 0 Å². The number of carbonyl (C=O) groups excluding carboxylic acids is 2. The highest BCUT2D eigenvalue weighted by Gasteiger charge is 2.37. The van der Waals surface area contributed by atoms with Gasteiger partial charge in [-0.05, 0) is 36.2 Å². The minimum atomic E-state index is -0.605. The van der Waals surface area contributed by atoms with Crippen LogP contribution in [0.3, 0.4) is 0 Å². The van der Waals surface area contributed by atoms with Crippen LogP contribution in [0.5, 0.6) is 5.75 Å². The van der Waals surface area contributed by atoms with E-state index in [0.717, 1.165) is 6.07 Å². The third-order valence-electron chi connectivity index (χ3n) is 3.82. The molecule has 0 amide bonds. The smallest absolute Gasteiger partial charge is 0.201 e. The molecule has 22 heavy (non-hydrogen) atoms. The first-order valence-corrected chi connectivity index (χ1v) is 6.57. The molecule has 0 fully saturated rings. The average molecular weight is 297 g/mol. The normalized spacial score (nSPS) is 16.8. The molecule has 0 aliphatic heterocycles. The summed E-state index contributed by atoms with van der Waals surface area (Å²) in [6.07, 6.45) is 2.26. The molecule has 0 aromatic heterocycles. The zero-order valence-electron chi connectivity index (χ0n) is 11.4. The maximum atomic E-state index is 12.6. The van der Waals surface area contributed by atoms with E-state index in [-0.39, 0.29) is 39.3 Å². The van der Waals surface area contributed by atoms with E-state index in [9.17, 15) is 24.7 Å². The third-order valence-corrected chi connectivity index (χ3v) is 3.82. The number of allylic oxidation sites excluding steroid dienone is 3. The summed E-state index contributed by atoms with van der Waals surface area (Å²) in [5.41, 5.74) is 0.0145. The Morgan fingerprint density at radius 1 is 1.18 bits per heavy atom. The molecule has 0 heterocycles. The van der Waals surface area contributed by atoms with Crippen LogP contribution >= 0.6 is 0 Å². The van der Waals surface area contributed by atoms with Crippen LogP contribution in [0.2, 0.25) is 0 Å². The van der Waals surface area contributed by atoms with Crippen molar-refractivity contribution in [2.75, 3.05) is 0 Å². The molecule has 6 nitrogen and oxygen atoms in total. The van der Waals surface area contributed by atoms with Crippen molar-refractivity contribution in [1.29, 1.82) is 0 Å². The Labute approximate surface area is 125 Å². The summed E-state index contributed by atoms with van der Waals surface area (Å²) in [6, 6.07) is 2.47. The molecular weight excluding hydrogens is 286 g/mol. The molecule has 1 aromatic carbocycles. The van der Waals surface area contributed by atoms with Gasteiger partial charge in [0.2, 0.25) is 5.78 Å². The minimum Gasteiger partial charge on any atom is -0.508 e. The maximum Gasteiger partial charge on any atom is 0.201 e. The van der Waals surface area contributed by atoms with Crippen molar-refractivity contribution in [1.82, 2.24) is 0 Å². The molecule has 3 rings (SSSR count). The van der Waals surface area contributed by atoms with Crippen LogP contribution in [0.15, 0.2) is 46.9 Å². The van der Waals surface area contributed by atoms with Crippen molar-refractivity contribution in [2.45, 2.75) is 12.8 Å². The van der Waals surface area contributed by atoms with Gasteiger partial charge in [0.05, 0.1) is 11.1 Å². The van der Waals surface area contributed by atoms with E-state index < -0.39 is 17.3 Å². The molecule has 0 saturated heterocycles. The van der Waals surface area contributed by atoms with E-state index in [4.69, 9.17) is 0 Å². The quantitative estimate of drug-likeness (QED) is 0.816. The lowest BCUT2D eigenvalue weighted by Gasteiger charge is -2.24. The second kappa shape index (κ2) is 4.77. The molecule has 0 unspecified atom stereocenters. The van der Waals surface area contributed by atoms with Gasteiger partial charge in [0, 0.05) is 16.7 Å². The molecular formula is C16H11NO5. The lowest BCUT2D eigenvalue weighted by molar-refractivity contribution is 0.0964. The van der Waals surface area contributed by atoms with Crippen molar-refractivity contribution in [3.8, 4) is 5.75 Å². The number of aliphatic hydroxyl groups is 1. The number of hydrogen-bond donors (Lipinski definition) is 2. The predicted octanol–water partition coefficient (Wildman–Crippen LogP) is 3.04. The molecule has 0 bridgehead atoms. The molecule has 2 aliphatic rings. The second-order valence-corrected chi connectivity index (χ2v) is 5.10. The highest BCUT2D eigenvalue weighted by molar-refractivity contribution is 6.29. The van der Waals surface area contributed by atoms with Crippen molar-refractivity contribution in [3.63, 3.8) is 0 Å². The summed E-state index contributed by atoms with van der Waals surface area (Å²) in [7, 11) is 0. The Hall–Kier alpha value is -3.02. The Morgan fingerprint density at radius 2 is 1.91 bits per heavy atom. The number of aromatic hydroxyl groups is 1. The van der Waals surface area contributed by atoms with Crippen molar-refractivity contribution in [2.24, 2.45) is 5.18 Å². The minimum absolute atomic E-state index is 0.00162. The number of Topliss-reactive ketones (excluding diaryl/α,β-unsaturated/α-hetero) is 2. The van der Waals surface area contributed by atoms with E-state index in [2.05, 4.69) is 11.8 Å². The lowest BCUT2D eigenvalue weighted by Crippen LogP contribution is -2.25. The van der Waals surface area contributed by atoms with Crippen LogP contribution in [0, 0.1) is 4.91 Å². The Bertz CT molecular complexity index is 829. The zero-order valence-corrected chi connectivity index (χ0v) is 11.4. The van der Waals surface area contributed by atoms with E-state index in [0.29, 0.717) is 12.8 Å².